The molecule has 2 atom stereocenters. The van der Waals surface area contributed by atoms with E-state index in [2.05, 4.69) is 5.32 Å². The van der Waals surface area contributed by atoms with Crippen LogP contribution in [0.2, 0.25) is 0 Å². The van der Waals surface area contributed by atoms with Crippen molar-refractivity contribution in [2.24, 2.45) is 0 Å². The molecule has 0 aromatic heterocycles. The first-order chi connectivity index (χ1) is 9.22. The Balaban J connectivity index is 2.53. The van der Waals surface area contributed by atoms with Crippen LogP contribution in [0.5, 0.6) is 5.75 Å². The maximum Gasteiger partial charge on any atom is 0.281 e. The van der Waals surface area contributed by atoms with Crippen LogP contribution in [0.1, 0.15) is 42.7 Å². The number of ether oxygens (including phenoxy) is 1. The lowest BCUT2D eigenvalue weighted by atomic mass is 9.86. The second-order valence-corrected chi connectivity index (χ2v) is 5.97. The molecule has 1 amide bonds. The Labute approximate surface area is 125 Å². The fourth-order valence-corrected chi connectivity index (χ4v) is 2.51. The van der Waals surface area contributed by atoms with Crippen molar-refractivity contribution in [1.82, 2.24) is 5.32 Å². The van der Waals surface area contributed by atoms with Gasteiger partial charge < -0.3 is 20.0 Å². The van der Waals surface area contributed by atoms with Gasteiger partial charge in [0, 0.05) is 11.1 Å². The van der Waals surface area contributed by atoms with Gasteiger partial charge in [0.1, 0.15) is 17.5 Å². The second-order valence-electron chi connectivity index (χ2n) is 5.45. The third-order valence-electron chi connectivity index (χ3n) is 3.45. The minimum atomic E-state index is -0.915. The maximum atomic E-state index is 11.5. The lowest BCUT2D eigenvalue weighted by Crippen LogP contribution is -2.53. The van der Waals surface area contributed by atoms with Crippen molar-refractivity contribution in [3.8, 4) is 5.75 Å². The number of ketones is 1. The Morgan fingerprint density at radius 2 is 2.05 bits per heavy atom. The average Bonchev–Trinajstić information content (AvgIpc) is 2.33. The highest BCUT2D eigenvalue weighted by atomic mass is 27.0. The van der Waals surface area contributed by atoms with Gasteiger partial charge in [-0.3, -0.25) is 4.79 Å². The zero-order chi connectivity index (χ0) is 15.1. The summed E-state index contributed by atoms with van der Waals surface area (Å²) in [6, 6.07) is 4.41. The number of carbonyl (C=O) groups excluding carboxylic acids is 2. The quantitative estimate of drug-likeness (QED) is 0.636. The molecular formula is C14H16AlNO4. The first-order valence-electron chi connectivity index (χ1n) is 6.30. The molecule has 1 heterocycles. The number of fused-ring (bicyclic) bond motifs is 1. The van der Waals surface area contributed by atoms with E-state index in [0.717, 1.165) is 0 Å². The molecule has 0 fully saturated rings. The molecule has 2 N–H and O–H groups in total. The van der Waals surface area contributed by atoms with Gasteiger partial charge in [0.2, 0.25) is 0 Å². The maximum absolute atomic E-state index is 11.5. The molecule has 0 unspecified atom stereocenters. The lowest BCUT2D eigenvalue weighted by molar-refractivity contribution is -0.0616. The SMILES string of the molecule is CC(=O)c1ccc2c(c1)[C@H](N[C](=O)[Al])[C@@H](O)C(C)(C)O2. The molecule has 0 spiro atoms. The van der Waals surface area contributed by atoms with Crippen LogP contribution in [0.25, 0.3) is 0 Å². The van der Waals surface area contributed by atoms with Crippen LogP contribution in [0, 0.1) is 0 Å². The summed E-state index contributed by atoms with van der Waals surface area (Å²) in [5.74, 6) is 0.483. The highest BCUT2D eigenvalue weighted by molar-refractivity contribution is 6.57. The van der Waals surface area contributed by atoms with Gasteiger partial charge >= 0.3 is 0 Å². The number of benzene rings is 1. The minimum Gasteiger partial charge on any atom is -0.485 e. The van der Waals surface area contributed by atoms with Crippen LogP contribution in [0.3, 0.4) is 0 Å². The summed E-state index contributed by atoms with van der Waals surface area (Å²) in [6.45, 7) is 4.97. The molecule has 0 saturated heterocycles. The van der Waals surface area contributed by atoms with Crippen molar-refractivity contribution in [1.29, 1.82) is 0 Å². The van der Waals surface area contributed by atoms with Crippen molar-refractivity contribution in [3.05, 3.63) is 29.3 Å². The van der Waals surface area contributed by atoms with E-state index in [1.165, 1.54) is 6.92 Å². The molecule has 0 saturated carbocycles. The number of aliphatic hydroxyl groups is 1. The Hall–Kier alpha value is -1.35. The smallest absolute Gasteiger partial charge is 0.281 e. The molecule has 5 nitrogen and oxygen atoms in total. The molecule has 20 heavy (non-hydrogen) atoms. The largest absolute Gasteiger partial charge is 0.485 e. The van der Waals surface area contributed by atoms with Gasteiger partial charge in [0.25, 0.3) is 16.3 Å². The van der Waals surface area contributed by atoms with Gasteiger partial charge in [-0.2, -0.15) is 0 Å². The first-order valence-corrected chi connectivity index (χ1v) is 6.88. The predicted molar refractivity (Wildman–Crippen MR) is 74.2 cm³/mol. The van der Waals surface area contributed by atoms with Gasteiger partial charge in [-0.05, 0) is 39.0 Å². The van der Waals surface area contributed by atoms with Crippen LogP contribution >= 0.6 is 0 Å². The van der Waals surface area contributed by atoms with Crippen molar-refractivity contribution in [2.45, 2.75) is 38.5 Å². The standard InChI is InChI=1S/C14H16NO4.Al/c1-8(17)9-4-5-11-10(6-9)12(15-7-16)13(18)14(2,3)19-11;/h4-6,12-13,18H,1-3H3,(H,15,16);/t12-,13+;/m0./s1. The number of amides is 1. The monoisotopic (exact) mass is 289 g/mol. The molecular weight excluding hydrogens is 273 g/mol. The number of carbonyl (C=O) groups is 2. The molecule has 1 aliphatic heterocycles. The summed E-state index contributed by atoms with van der Waals surface area (Å²) >= 11 is 2.02. The highest BCUT2D eigenvalue weighted by Crippen LogP contribution is 2.40. The van der Waals surface area contributed by atoms with Crippen molar-refractivity contribution in [3.63, 3.8) is 0 Å². The van der Waals surface area contributed by atoms with E-state index in [0.29, 0.717) is 16.9 Å². The number of aliphatic hydroxyl groups excluding tert-OH is 1. The van der Waals surface area contributed by atoms with E-state index in [9.17, 15) is 14.7 Å². The normalized spacial score (nSPS) is 23.4. The molecule has 1 aromatic rings. The zero-order valence-electron chi connectivity index (χ0n) is 11.6. The van der Waals surface area contributed by atoms with Crippen LogP contribution < -0.4 is 10.1 Å². The number of hydrogen-bond donors (Lipinski definition) is 2. The predicted octanol–water partition coefficient (Wildman–Crippen LogP) is 1.34. The summed E-state index contributed by atoms with van der Waals surface area (Å²) in [5.41, 5.74) is 0.297. The van der Waals surface area contributed by atoms with Crippen LogP contribution in [-0.4, -0.2) is 43.7 Å². The van der Waals surface area contributed by atoms with Gasteiger partial charge in [0.15, 0.2) is 5.78 Å². The van der Waals surface area contributed by atoms with Crippen LogP contribution in [0.15, 0.2) is 18.2 Å². The Morgan fingerprint density at radius 3 is 2.60 bits per heavy atom. The van der Waals surface area contributed by atoms with Crippen molar-refractivity contribution < 1.29 is 19.4 Å². The van der Waals surface area contributed by atoms with Gasteiger partial charge in [-0.25, -0.2) is 0 Å². The van der Waals surface area contributed by atoms with Gasteiger partial charge in [0.05, 0.1) is 10.8 Å². The Morgan fingerprint density at radius 1 is 1.40 bits per heavy atom. The molecule has 0 bridgehead atoms. The highest BCUT2D eigenvalue weighted by Gasteiger charge is 2.43. The minimum absolute atomic E-state index is 0.0805. The van der Waals surface area contributed by atoms with Crippen LogP contribution in [-0.2, 0) is 0 Å². The summed E-state index contributed by atoms with van der Waals surface area (Å²) < 4.78 is 5.43. The third-order valence-corrected chi connectivity index (χ3v) is 3.62. The van der Waals surface area contributed by atoms with E-state index in [4.69, 9.17) is 4.74 Å². The Bertz CT molecular complexity index is 570. The average molecular weight is 289 g/mol. The Kier molecular flexibility index (Phi) is 3.92. The van der Waals surface area contributed by atoms with Crippen LogP contribution in [0.4, 0.5) is 4.79 Å². The first kappa shape index (κ1) is 15.0. The summed E-state index contributed by atoms with van der Waals surface area (Å²) in [4.78, 5) is 22.8. The van der Waals surface area contributed by atoms with Gasteiger partial charge in [-0.1, -0.05) is 0 Å². The van der Waals surface area contributed by atoms with Crippen molar-refractivity contribution >= 4 is 26.8 Å². The van der Waals surface area contributed by atoms with E-state index in [1.807, 2.05) is 16.3 Å². The topological polar surface area (TPSA) is 75.6 Å². The van der Waals surface area contributed by atoms with E-state index in [-0.39, 0.29) is 10.6 Å². The van der Waals surface area contributed by atoms with Gasteiger partial charge in [-0.15, -0.1) is 0 Å². The molecule has 1 aromatic carbocycles. The second kappa shape index (κ2) is 5.21. The summed E-state index contributed by atoms with van der Waals surface area (Å²) in [5, 5.41) is 13.1. The number of rotatable bonds is 2. The molecule has 1 aliphatic rings. The molecule has 6 heteroatoms. The van der Waals surface area contributed by atoms with Crippen molar-refractivity contribution in [2.75, 3.05) is 0 Å². The number of nitrogens with one attached hydrogen (secondary N) is 1. The number of hydrogen-bond acceptors (Lipinski definition) is 4. The van der Waals surface area contributed by atoms with E-state index < -0.39 is 17.7 Å². The summed E-state index contributed by atoms with van der Waals surface area (Å²) in [7, 11) is 0. The summed E-state index contributed by atoms with van der Waals surface area (Å²) in [6.07, 6.45) is -0.915. The lowest BCUT2D eigenvalue weighted by Gasteiger charge is -2.42. The van der Waals surface area contributed by atoms with E-state index >= 15 is 0 Å². The zero-order valence-corrected chi connectivity index (χ0v) is 12.8. The molecule has 2 radical (unpaired) electrons. The fraction of sp³-hybridized carbons (Fsp3) is 0.429. The molecule has 2 rings (SSSR count). The number of Topliss-reactive ketones (excluding diaryl/α,β-unsaturated/α-hetero) is 1. The van der Waals surface area contributed by atoms with E-state index in [1.54, 1.807) is 32.0 Å². The fourth-order valence-electron chi connectivity index (χ4n) is 2.33. The third kappa shape index (κ3) is 2.73. The molecule has 104 valence electrons. The molecule has 0 aliphatic carbocycles.